The molecular weight excluding hydrogens is 250 g/mol. The number of carbonyl (C=O) groups is 1. The van der Waals surface area contributed by atoms with E-state index in [0.717, 1.165) is 38.5 Å². The molecule has 0 aromatic heterocycles. The fourth-order valence-electron chi connectivity index (χ4n) is 3.76. The van der Waals surface area contributed by atoms with E-state index in [-0.39, 0.29) is 5.92 Å². The van der Waals surface area contributed by atoms with Crippen molar-refractivity contribution in [2.24, 2.45) is 23.5 Å². The number of hydrogen-bond acceptors (Lipinski definition) is 3. The number of nitrogens with zero attached hydrogens (tertiary/aromatic N) is 2. The molecule has 0 bridgehead atoms. The van der Waals surface area contributed by atoms with Gasteiger partial charge in [0.25, 0.3) is 0 Å². The van der Waals surface area contributed by atoms with Crippen LogP contribution in [0.1, 0.15) is 39.0 Å². The van der Waals surface area contributed by atoms with Crippen molar-refractivity contribution in [3.63, 3.8) is 0 Å². The summed E-state index contributed by atoms with van der Waals surface area (Å²) in [5.74, 6) is 1.89. The first-order valence-electron chi connectivity index (χ1n) is 8.27. The Bertz CT molecular complexity index is 313. The topological polar surface area (TPSA) is 49.6 Å². The Labute approximate surface area is 123 Å². The number of nitrogens with two attached hydrogens (primary N) is 1. The van der Waals surface area contributed by atoms with Crippen LogP contribution in [0.5, 0.6) is 0 Å². The summed E-state index contributed by atoms with van der Waals surface area (Å²) in [4.78, 5) is 16.9. The maximum atomic E-state index is 12.6. The van der Waals surface area contributed by atoms with Crippen LogP contribution >= 0.6 is 0 Å². The Balaban J connectivity index is 1.85. The standard InChI is InChI=1S/C16H31N3O/c1-13-4-3-5-14(10-13)11-15(12-17)16(20)19-8-6-18(2)7-9-19/h13-15H,3-12,17H2,1-2H3. The molecule has 0 radical (unpaired) electrons. The average molecular weight is 281 g/mol. The molecule has 2 N–H and O–H groups in total. The van der Waals surface area contributed by atoms with Crippen molar-refractivity contribution in [1.29, 1.82) is 0 Å². The summed E-state index contributed by atoms with van der Waals surface area (Å²) in [7, 11) is 2.12. The zero-order chi connectivity index (χ0) is 14.5. The van der Waals surface area contributed by atoms with E-state index in [4.69, 9.17) is 5.73 Å². The van der Waals surface area contributed by atoms with Gasteiger partial charge in [-0.1, -0.05) is 26.2 Å². The largest absolute Gasteiger partial charge is 0.340 e. The van der Waals surface area contributed by atoms with Crippen molar-refractivity contribution < 1.29 is 4.79 Å². The molecule has 0 aromatic rings. The van der Waals surface area contributed by atoms with Gasteiger partial charge in [0.15, 0.2) is 0 Å². The molecule has 4 heteroatoms. The molecule has 1 aliphatic carbocycles. The van der Waals surface area contributed by atoms with Crippen LogP contribution in [0.15, 0.2) is 0 Å². The lowest BCUT2D eigenvalue weighted by molar-refractivity contribution is -0.137. The van der Waals surface area contributed by atoms with Gasteiger partial charge in [-0.25, -0.2) is 0 Å². The van der Waals surface area contributed by atoms with Crippen molar-refractivity contribution in [3.05, 3.63) is 0 Å². The third kappa shape index (κ3) is 4.19. The zero-order valence-electron chi connectivity index (χ0n) is 13.2. The predicted molar refractivity (Wildman–Crippen MR) is 82.4 cm³/mol. The second-order valence-corrected chi connectivity index (χ2v) is 6.93. The van der Waals surface area contributed by atoms with Gasteiger partial charge < -0.3 is 15.5 Å². The van der Waals surface area contributed by atoms with Crippen LogP contribution in [0, 0.1) is 17.8 Å². The van der Waals surface area contributed by atoms with Gasteiger partial charge in [0.2, 0.25) is 5.91 Å². The van der Waals surface area contributed by atoms with Gasteiger partial charge in [0.05, 0.1) is 5.92 Å². The van der Waals surface area contributed by atoms with Gasteiger partial charge in [0, 0.05) is 32.7 Å². The number of amides is 1. The Morgan fingerprint density at radius 1 is 1.25 bits per heavy atom. The van der Waals surface area contributed by atoms with Crippen LogP contribution in [0.2, 0.25) is 0 Å². The van der Waals surface area contributed by atoms with E-state index < -0.39 is 0 Å². The second kappa shape index (κ2) is 7.41. The van der Waals surface area contributed by atoms with E-state index in [1.807, 2.05) is 4.90 Å². The Kier molecular flexibility index (Phi) is 5.85. The highest BCUT2D eigenvalue weighted by Gasteiger charge is 2.29. The summed E-state index contributed by atoms with van der Waals surface area (Å²) < 4.78 is 0. The first-order valence-corrected chi connectivity index (χ1v) is 8.27. The van der Waals surface area contributed by atoms with Crippen molar-refractivity contribution in [1.82, 2.24) is 9.80 Å². The van der Waals surface area contributed by atoms with E-state index >= 15 is 0 Å². The number of likely N-dealkylation sites (N-methyl/N-ethyl adjacent to an activating group) is 1. The predicted octanol–water partition coefficient (Wildman–Crippen LogP) is 1.55. The van der Waals surface area contributed by atoms with Crippen LogP contribution in [0.3, 0.4) is 0 Å². The Morgan fingerprint density at radius 3 is 2.55 bits per heavy atom. The van der Waals surface area contributed by atoms with E-state index in [9.17, 15) is 4.79 Å². The molecule has 1 amide bonds. The summed E-state index contributed by atoms with van der Waals surface area (Å²) in [6.07, 6.45) is 6.26. The molecule has 4 nitrogen and oxygen atoms in total. The monoisotopic (exact) mass is 281 g/mol. The van der Waals surface area contributed by atoms with Crippen LogP contribution in [-0.2, 0) is 4.79 Å². The first-order chi connectivity index (χ1) is 9.60. The van der Waals surface area contributed by atoms with E-state index in [2.05, 4.69) is 18.9 Å². The molecule has 1 saturated carbocycles. The number of hydrogen-bond donors (Lipinski definition) is 1. The van der Waals surface area contributed by atoms with Crippen molar-refractivity contribution in [2.45, 2.75) is 39.0 Å². The highest BCUT2D eigenvalue weighted by Crippen LogP contribution is 2.33. The van der Waals surface area contributed by atoms with Crippen molar-refractivity contribution in [2.75, 3.05) is 39.8 Å². The molecule has 3 atom stereocenters. The molecule has 1 aliphatic heterocycles. The molecule has 2 aliphatic rings. The third-order valence-corrected chi connectivity index (χ3v) is 5.11. The normalized spacial score (nSPS) is 30.2. The SMILES string of the molecule is CC1CCCC(CC(CN)C(=O)N2CCN(C)CC2)C1. The lowest BCUT2D eigenvalue weighted by Crippen LogP contribution is -2.50. The molecule has 20 heavy (non-hydrogen) atoms. The third-order valence-electron chi connectivity index (χ3n) is 5.11. The number of carbonyl (C=O) groups excluding carboxylic acids is 1. The van der Waals surface area contributed by atoms with Crippen LogP contribution < -0.4 is 5.73 Å². The maximum Gasteiger partial charge on any atom is 0.227 e. The van der Waals surface area contributed by atoms with Gasteiger partial charge in [-0.3, -0.25) is 4.79 Å². The highest BCUT2D eigenvalue weighted by atomic mass is 16.2. The van der Waals surface area contributed by atoms with Gasteiger partial charge in [0.1, 0.15) is 0 Å². The maximum absolute atomic E-state index is 12.6. The summed E-state index contributed by atoms with van der Waals surface area (Å²) in [5, 5.41) is 0. The summed E-state index contributed by atoms with van der Waals surface area (Å²) in [5.41, 5.74) is 5.90. The van der Waals surface area contributed by atoms with Gasteiger partial charge >= 0.3 is 0 Å². The van der Waals surface area contributed by atoms with Crippen molar-refractivity contribution in [3.8, 4) is 0 Å². The molecule has 116 valence electrons. The molecule has 1 saturated heterocycles. The lowest BCUT2D eigenvalue weighted by Gasteiger charge is -2.36. The average Bonchev–Trinajstić information content (AvgIpc) is 2.45. The number of rotatable bonds is 4. The molecular formula is C16H31N3O. The summed E-state index contributed by atoms with van der Waals surface area (Å²) >= 11 is 0. The fourth-order valence-corrected chi connectivity index (χ4v) is 3.76. The Hall–Kier alpha value is -0.610. The molecule has 0 aromatic carbocycles. The number of piperazine rings is 1. The Morgan fingerprint density at radius 2 is 1.95 bits per heavy atom. The highest BCUT2D eigenvalue weighted by molar-refractivity contribution is 5.79. The zero-order valence-corrected chi connectivity index (χ0v) is 13.2. The van der Waals surface area contributed by atoms with E-state index in [0.29, 0.717) is 18.4 Å². The fraction of sp³-hybridized carbons (Fsp3) is 0.938. The molecule has 2 fully saturated rings. The smallest absolute Gasteiger partial charge is 0.227 e. The minimum Gasteiger partial charge on any atom is -0.340 e. The summed E-state index contributed by atoms with van der Waals surface area (Å²) in [6.45, 7) is 6.56. The van der Waals surface area contributed by atoms with Crippen LogP contribution in [-0.4, -0.2) is 55.5 Å². The molecule has 1 heterocycles. The van der Waals surface area contributed by atoms with E-state index in [1.165, 1.54) is 25.7 Å². The molecule has 3 unspecified atom stereocenters. The van der Waals surface area contributed by atoms with Gasteiger partial charge in [-0.05, 0) is 31.7 Å². The van der Waals surface area contributed by atoms with E-state index in [1.54, 1.807) is 0 Å². The minimum atomic E-state index is 0.0497. The molecule has 2 rings (SSSR count). The van der Waals surface area contributed by atoms with Crippen LogP contribution in [0.4, 0.5) is 0 Å². The van der Waals surface area contributed by atoms with Gasteiger partial charge in [-0.2, -0.15) is 0 Å². The van der Waals surface area contributed by atoms with Crippen molar-refractivity contribution >= 4 is 5.91 Å². The minimum absolute atomic E-state index is 0.0497. The quantitative estimate of drug-likeness (QED) is 0.850. The second-order valence-electron chi connectivity index (χ2n) is 6.93. The summed E-state index contributed by atoms with van der Waals surface area (Å²) in [6, 6.07) is 0. The lowest BCUT2D eigenvalue weighted by atomic mass is 9.78. The van der Waals surface area contributed by atoms with Crippen LogP contribution in [0.25, 0.3) is 0 Å². The first kappa shape index (κ1) is 15.8. The van der Waals surface area contributed by atoms with Gasteiger partial charge in [-0.15, -0.1) is 0 Å². The molecule has 0 spiro atoms.